The van der Waals surface area contributed by atoms with Crippen molar-refractivity contribution in [1.29, 1.82) is 0 Å². The summed E-state index contributed by atoms with van der Waals surface area (Å²) in [6, 6.07) is -0.126. The topological polar surface area (TPSA) is 44.5 Å². The number of nitrogens with two attached hydrogens (primary N) is 1. The molecule has 3 nitrogen and oxygen atoms in total. The third-order valence-corrected chi connectivity index (χ3v) is 1.56. The van der Waals surface area contributed by atoms with Crippen LogP contribution in [0.1, 0.15) is 19.8 Å². The van der Waals surface area contributed by atoms with E-state index in [0.29, 0.717) is 19.6 Å². The van der Waals surface area contributed by atoms with E-state index in [0.717, 1.165) is 6.42 Å². The van der Waals surface area contributed by atoms with Gasteiger partial charge in [0.05, 0.1) is 6.61 Å². The fraction of sp³-hybridized carbons (Fsp3) is 1.00. The van der Waals surface area contributed by atoms with Crippen LogP contribution < -0.4 is 5.73 Å². The Hall–Kier alpha value is -0.260. The lowest BCUT2D eigenvalue weighted by Crippen LogP contribution is -2.28. The third-order valence-electron chi connectivity index (χ3n) is 1.56. The summed E-state index contributed by atoms with van der Waals surface area (Å²) in [6.07, 6.45) is -0.895. The number of hydrogen-bond acceptors (Lipinski definition) is 3. The average molecular weight is 211 g/mol. The number of alkyl halides is 2. The predicted molar refractivity (Wildman–Crippen MR) is 50.5 cm³/mol. The van der Waals surface area contributed by atoms with Gasteiger partial charge in [-0.25, -0.2) is 8.78 Å². The lowest BCUT2D eigenvalue weighted by Gasteiger charge is -2.11. The molecule has 2 N–H and O–H groups in total. The van der Waals surface area contributed by atoms with E-state index in [4.69, 9.17) is 10.5 Å². The Morgan fingerprint density at radius 2 is 1.79 bits per heavy atom. The molecular weight excluding hydrogens is 192 g/mol. The Morgan fingerprint density at radius 3 is 2.36 bits per heavy atom. The summed E-state index contributed by atoms with van der Waals surface area (Å²) < 4.78 is 33.1. The van der Waals surface area contributed by atoms with Crippen molar-refractivity contribution in [3.05, 3.63) is 0 Å². The lowest BCUT2D eigenvalue weighted by molar-refractivity contribution is 0.0121. The maximum atomic E-state index is 11.6. The smallest absolute Gasteiger partial charge is 0.261 e. The molecule has 0 heterocycles. The minimum Gasteiger partial charge on any atom is -0.380 e. The van der Waals surface area contributed by atoms with Gasteiger partial charge in [-0.15, -0.1) is 0 Å². The van der Waals surface area contributed by atoms with E-state index in [2.05, 4.69) is 4.74 Å². The molecule has 0 saturated carbocycles. The molecule has 0 rings (SSSR count). The van der Waals surface area contributed by atoms with Crippen molar-refractivity contribution in [1.82, 2.24) is 0 Å². The molecule has 0 saturated heterocycles. The van der Waals surface area contributed by atoms with Crippen LogP contribution in [0.3, 0.4) is 0 Å². The second-order valence-electron chi connectivity index (χ2n) is 3.09. The van der Waals surface area contributed by atoms with Gasteiger partial charge in [0.25, 0.3) is 6.43 Å². The second kappa shape index (κ2) is 9.30. The molecule has 1 unspecified atom stereocenters. The molecule has 0 radical (unpaired) electrons. The molecule has 0 aromatic carbocycles. The molecule has 1 atom stereocenters. The highest BCUT2D eigenvalue weighted by atomic mass is 19.3. The van der Waals surface area contributed by atoms with Crippen LogP contribution in [0, 0.1) is 0 Å². The van der Waals surface area contributed by atoms with Crippen LogP contribution in [0.2, 0.25) is 0 Å². The normalized spacial score (nSPS) is 13.5. The van der Waals surface area contributed by atoms with E-state index in [1.165, 1.54) is 0 Å². The van der Waals surface area contributed by atoms with Crippen LogP contribution >= 0.6 is 0 Å². The zero-order valence-corrected chi connectivity index (χ0v) is 8.55. The molecule has 5 heteroatoms. The summed E-state index contributed by atoms with van der Waals surface area (Å²) >= 11 is 0. The summed E-state index contributed by atoms with van der Waals surface area (Å²) in [6.45, 7) is 2.91. The molecule has 0 aromatic heterocycles. The molecule has 86 valence electrons. The molecule has 14 heavy (non-hydrogen) atoms. The van der Waals surface area contributed by atoms with Gasteiger partial charge in [0, 0.05) is 19.3 Å². The highest BCUT2D eigenvalue weighted by molar-refractivity contribution is 4.58. The summed E-state index contributed by atoms with van der Waals surface area (Å²) in [4.78, 5) is 0. The second-order valence-corrected chi connectivity index (χ2v) is 3.09. The van der Waals surface area contributed by atoms with E-state index in [-0.39, 0.29) is 12.6 Å². The lowest BCUT2D eigenvalue weighted by atomic mass is 10.2. The van der Waals surface area contributed by atoms with Gasteiger partial charge in [-0.05, 0) is 12.8 Å². The predicted octanol–water partition coefficient (Wildman–Crippen LogP) is 1.41. The minimum atomic E-state index is -2.40. The Labute approximate surface area is 83.6 Å². The van der Waals surface area contributed by atoms with E-state index in [9.17, 15) is 8.78 Å². The fourth-order valence-electron chi connectivity index (χ4n) is 0.870. The fourth-order valence-corrected chi connectivity index (χ4v) is 0.870. The number of rotatable bonds is 9. The van der Waals surface area contributed by atoms with Gasteiger partial charge in [0.1, 0.15) is 6.61 Å². The van der Waals surface area contributed by atoms with Crippen molar-refractivity contribution in [3.63, 3.8) is 0 Å². The first-order valence-corrected chi connectivity index (χ1v) is 4.86. The Kier molecular flexibility index (Phi) is 9.13. The molecule has 0 aromatic rings. The minimum absolute atomic E-state index is 0.126. The van der Waals surface area contributed by atoms with Gasteiger partial charge in [-0.2, -0.15) is 0 Å². The van der Waals surface area contributed by atoms with Gasteiger partial charge in [0.2, 0.25) is 0 Å². The summed E-state index contributed by atoms with van der Waals surface area (Å²) in [5.41, 5.74) is 5.64. The van der Waals surface area contributed by atoms with Crippen LogP contribution in [-0.4, -0.2) is 38.9 Å². The van der Waals surface area contributed by atoms with Crippen molar-refractivity contribution in [3.8, 4) is 0 Å². The summed E-state index contributed by atoms with van der Waals surface area (Å²) in [5.74, 6) is 0. The Balaban J connectivity index is 3.14. The Morgan fingerprint density at radius 1 is 1.14 bits per heavy atom. The van der Waals surface area contributed by atoms with Gasteiger partial charge in [0.15, 0.2) is 0 Å². The highest BCUT2D eigenvalue weighted by Crippen LogP contribution is 1.96. The largest absolute Gasteiger partial charge is 0.380 e. The number of hydrogen-bond donors (Lipinski definition) is 1. The zero-order valence-electron chi connectivity index (χ0n) is 8.55. The van der Waals surface area contributed by atoms with Crippen molar-refractivity contribution >= 4 is 0 Å². The SMILES string of the molecule is CCCOCC(N)CCOCC(F)F. The molecule has 0 aliphatic heterocycles. The van der Waals surface area contributed by atoms with E-state index in [1.807, 2.05) is 6.92 Å². The van der Waals surface area contributed by atoms with E-state index in [1.54, 1.807) is 0 Å². The first kappa shape index (κ1) is 13.7. The molecule has 0 aliphatic rings. The molecular formula is C9H19F2NO2. The third kappa shape index (κ3) is 9.83. The average Bonchev–Trinajstić information content (AvgIpc) is 2.13. The van der Waals surface area contributed by atoms with Crippen LogP contribution in [0.25, 0.3) is 0 Å². The molecule has 0 fully saturated rings. The zero-order chi connectivity index (χ0) is 10.8. The molecule has 0 aliphatic carbocycles. The molecule has 0 amide bonds. The van der Waals surface area contributed by atoms with Crippen LogP contribution in [0.15, 0.2) is 0 Å². The summed E-state index contributed by atoms with van der Waals surface area (Å²) in [5, 5.41) is 0. The first-order valence-electron chi connectivity index (χ1n) is 4.86. The van der Waals surface area contributed by atoms with Crippen LogP contribution in [0.4, 0.5) is 8.78 Å². The number of halogens is 2. The molecule has 0 spiro atoms. The van der Waals surface area contributed by atoms with Crippen molar-refractivity contribution in [2.75, 3.05) is 26.4 Å². The quantitative estimate of drug-likeness (QED) is 0.586. The maximum Gasteiger partial charge on any atom is 0.261 e. The monoisotopic (exact) mass is 211 g/mol. The first-order chi connectivity index (χ1) is 6.66. The van der Waals surface area contributed by atoms with Gasteiger partial charge < -0.3 is 15.2 Å². The highest BCUT2D eigenvalue weighted by Gasteiger charge is 2.05. The maximum absolute atomic E-state index is 11.6. The van der Waals surface area contributed by atoms with Gasteiger partial charge in [-0.1, -0.05) is 6.92 Å². The Bertz CT molecular complexity index is 125. The van der Waals surface area contributed by atoms with Gasteiger partial charge in [-0.3, -0.25) is 0 Å². The number of ether oxygens (including phenoxy) is 2. The molecule has 0 bridgehead atoms. The van der Waals surface area contributed by atoms with Crippen molar-refractivity contribution < 1.29 is 18.3 Å². The van der Waals surface area contributed by atoms with E-state index >= 15 is 0 Å². The van der Waals surface area contributed by atoms with Crippen molar-refractivity contribution in [2.45, 2.75) is 32.2 Å². The van der Waals surface area contributed by atoms with Crippen molar-refractivity contribution in [2.24, 2.45) is 5.73 Å². The van der Waals surface area contributed by atoms with Crippen LogP contribution in [-0.2, 0) is 9.47 Å². The van der Waals surface area contributed by atoms with E-state index < -0.39 is 13.0 Å². The summed E-state index contributed by atoms with van der Waals surface area (Å²) in [7, 11) is 0. The standard InChI is InChI=1S/C9H19F2NO2/c1-2-4-13-6-8(12)3-5-14-7-9(10)11/h8-9H,2-7,12H2,1H3. The van der Waals surface area contributed by atoms with Gasteiger partial charge >= 0.3 is 0 Å². The van der Waals surface area contributed by atoms with Crippen LogP contribution in [0.5, 0.6) is 0 Å².